The molecule has 3 aromatic rings. The highest BCUT2D eigenvalue weighted by Crippen LogP contribution is 2.25. The summed E-state index contributed by atoms with van der Waals surface area (Å²) in [5.41, 5.74) is 10.1. The van der Waals surface area contributed by atoms with Crippen LogP contribution in [0.1, 0.15) is 5.56 Å². The van der Waals surface area contributed by atoms with Gasteiger partial charge in [0.05, 0.1) is 11.0 Å². The fourth-order valence-electron chi connectivity index (χ4n) is 2.01. The van der Waals surface area contributed by atoms with E-state index in [0.717, 1.165) is 22.4 Å². The fourth-order valence-corrected chi connectivity index (χ4v) is 2.65. The van der Waals surface area contributed by atoms with Gasteiger partial charge in [0.15, 0.2) is 0 Å². The Hall–Kier alpha value is -1.65. The van der Waals surface area contributed by atoms with Crippen LogP contribution < -0.4 is 5.73 Å². The first-order valence-electron chi connectivity index (χ1n) is 5.47. The molecule has 0 bridgehead atoms. The van der Waals surface area contributed by atoms with Crippen molar-refractivity contribution < 1.29 is 0 Å². The van der Waals surface area contributed by atoms with Crippen molar-refractivity contribution in [3.63, 3.8) is 0 Å². The summed E-state index contributed by atoms with van der Waals surface area (Å²) in [7, 11) is 2.04. The molecule has 0 unspecified atom stereocenters. The van der Waals surface area contributed by atoms with Crippen LogP contribution in [0.15, 0.2) is 35.0 Å². The van der Waals surface area contributed by atoms with E-state index in [0.29, 0.717) is 6.54 Å². The van der Waals surface area contributed by atoms with E-state index >= 15 is 0 Å². The van der Waals surface area contributed by atoms with Gasteiger partial charge in [-0.2, -0.15) is 11.3 Å². The minimum Gasteiger partial charge on any atom is -0.327 e. The predicted molar refractivity (Wildman–Crippen MR) is 71.9 cm³/mol. The highest BCUT2D eigenvalue weighted by Gasteiger charge is 2.10. The summed E-state index contributed by atoms with van der Waals surface area (Å²) in [5, 5.41) is 4.19. The van der Waals surface area contributed by atoms with Gasteiger partial charge >= 0.3 is 0 Å². The van der Waals surface area contributed by atoms with Crippen molar-refractivity contribution in [3.8, 4) is 11.4 Å². The molecule has 0 spiro atoms. The molecular weight excluding hydrogens is 230 g/mol. The van der Waals surface area contributed by atoms with Gasteiger partial charge in [-0.25, -0.2) is 4.98 Å². The number of hydrogen-bond acceptors (Lipinski definition) is 3. The molecular formula is C13H13N3S. The van der Waals surface area contributed by atoms with Crippen LogP contribution in [0.2, 0.25) is 0 Å². The van der Waals surface area contributed by atoms with Gasteiger partial charge in [0, 0.05) is 24.5 Å². The maximum atomic E-state index is 5.66. The molecule has 2 aromatic heterocycles. The van der Waals surface area contributed by atoms with Gasteiger partial charge in [-0.15, -0.1) is 0 Å². The Bertz CT molecular complexity index is 653. The zero-order chi connectivity index (χ0) is 11.8. The Morgan fingerprint density at radius 1 is 1.35 bits per heavy atom. The van der Waals surface area contributed by atoms with E-state index in [1.54, 1.807) is 11.3 Å². The summed E-state index contributed by atoms with van der Waals surface area (Å²) in [6.07, 6.45) is 0. The summed E-state index contributed by atoms with van der Waals surface area (Å²) in [6, 6.07) is 8.27. The molecule has 0 aliphatic rings. The molecule has 86 valence electrons. The molecule has 0 aliphatic heterocycles. The van der Waals surface area contributed by atoms with E-state index < -0.39 is 0 Å². The zero-order valence-electron chi connectivity index (χ0n) is 9.55. The number of hydrogen-bond donors (Lipinski definition) is 1. The normalized spacial score (nSPS) is 11.2. The molecule has 0 amide bonds. The minimum atomic E-state index is 0.564. The smallest absolute Gasteiger partial charge is 0.141 e. The van der Waals surface area contributed by atoms with Crippen molar-refractivity contribution in [2.24, 2.45) is 12.8 Å². The number of nitrogens with zero attached hydrogens (tertiary/aromatic N) is 2. The van der Waals surface area contributed by atoms with Gasteiger partial charge in [-0.05, 0) is 29.1 Å². The summed E-state index contributed by atoms with van der Waals surface area (Å²) in [5.74, 6) is 1.01. The molecule has 0 fully saturated rings. The first-order valence-corrected chi connectivity index (χ1v) is 6.42. The van der Waals surface area contributed by atoms with Gasteiger partial charge in [0.2, 0.25) is 0 Å². The van der Waals surface area contributed by atoms with Crippen molar-refractivity contribution in [3.05, 3.63) is 40.6 Å². The average molecular weight is 243 g/mol. The first-order chi connectivity index (χ1) is 8.29. The maximum absolute atomic E-state index is 5.66. The number of rotatable bonds is 2. The average Bonchev–Trinajstić information content (AvgIpc) is 2.97. The molecule has 0 aliphatic carbocycles. The van der Waals surface area contributed by atoms with Crippen LogP contribution in [-0.4, -0.2) is 9.55 Å². The van der Waals surface area contributed by atoms with Gasteiger partial charge in [-0.3, -0.25) is 0 Å². The largest absolute Gasteiger partial charge is 0.327 e. The van der Waals surface area contributed by atoms with Gasteiger partial charge in [-0.1, -0.05) is 6.07 Å². The minimum absolute atomic E-state index is 0.564. The monoisotopic (exact) mass is 243 g/mol. The molecule has 0 saturated heterocycles. The van der Waals surface area contributed by atoms with Crippen molar-refractivity contribution in [1.82, 2.24) is 9.55 Å². The number of nitrogens with two attached hydrogens (primary N) is 1. The number of benzene rings is 1. The third-order valence-electron chi connectivity index (χ3n) is 2.96. The van der Waals surface area contributed by atoms with E-state index in [2.05, 4.69) is 32.4 Å². The molecule has 2 heterocycles. The highest BCUT2D eigenvalue weighted by atomic mass is 32.1. The van der Waals surface area contributed by atoms with Gasteiger partial charge in [0.1, 0.15) is 5.82 Å². The van der Waals surface area contributed by atoms with E-state index in [9.17, 15) is 0 Å². The second-order valence-electron chi connectivity index (χ2n) is 4.03. The lowest BCUT2D eigenvalue weighted by molar-refractivity contribution is 0.957. The van der Waals surface area contributed by atoms with Crippen LogP contribution >= 0.6 is 11.3 Å². The lowest BCUT2D eigenvalue weighted by Gasteiger charge is -2.00. The number of aromatic nitrogens is 2. The quantitative estimate of drug-likeness (QED) is 0.752. The van der Waals surface area contributed by atoms with Crippen LogP contribution in [0.25, 0.3) is 22.4 Å². The molecule has 4 heteroatoms. The van der Waals surface area contributed by atoms with Crippen molar-refractivity contribution in [1.29, 1.82) is 0 Å². The fraction of sp³-hybridized carbons (Fsp3) is 0.154. The molecule has 0 saturated carbocycles. The Morgan fingerprint density at radius 3 is 2.94 bits per heavy atom. The van der Waals surface area contributed by atoms with Crippen LogP contribution in [-0.2, 0) is 13.6 Å². The summed E-state index contributed by atoms with van der Waals surface area (Å²) < 4.78 is 2.12. The topological polar surface area (TPSA) is 43.8 Å². The van der Waals surface area contributed by atoms with Crippen LogP contribution in [0.5, 0.6) is 0 Å². The van der Waals surface area contributed by atoms with E-state index in [1.165, 1.54) is 5.56 Å². The second-order valence-corrected chi connectivity index (χ2v) is 4.81. The van der Waals surface area contributed by atoms with E-state index in [-0.39, 0.29) is 0 Å². The zero-order valence-corrected chi connectivity index (χ0v) is 10.4. The highest BCUT2D eigenvalue weighted by molar-refractivity contribution is 7.08. The SMILES string of the molecule is Cn1c(-c2ccsc2)nc2ccc(CN)cc21. The van der Waals surface area contributed by atoms with E-state index in [4.69, 9.17) is 5.73 Å². The Morgan fingerprint density at radius 2 is 2.24 bits per heavy atom. The molecule has 0 atom stereocenters. The number of thiophene rings is 1. The number of imidazole rings is 1. The predicted octanol–water partition coefficient (Wildman–Crippen LogP) is 2.76. The van der Waals surface area contributed by atoms with Crippen molar-refractivity contribution >= 4 is 22.4 Å². The Balaban J connectivity index is 2.25. The third kappa shape index (κ3) is 1.66. The standard InChI is InChI=1S/C13H13N3S/c1-16-12-6-9(7-14)2-3-11(12)15-13(16)10-4-5-17-8-10/h2-6,8H,7,14H2,1H3. The van der Waals surface area contributed by atoms with Crippen molar-refractivity contribution in [2.45, 2.75) is 6.54 Å². The molecule has 17 heavy (non-hydrogen) atoms. The summed E-state index contributed by atoms with van der Waals surface area (Å²) >= 11 is 1.69. The van der Waals surface area contributed by atoms with E-state index in [1.807, 2.05) is 19.2 Å². The number of fused-ring (bicyclic) bond motifs is 1. The summed E-state index contributed by atoms with van der Waals surface area (Å²) in [6.45, 7) is 0.564. The molecule has 3 nitrogen and oxygen atoms in total. The van der Waals surface area contributed by atoms with Crippen LogP contribution in [0.3, 0.4) is 0 Å². The molecule has 0 radical (unpaired) electrons. The Labute approximate surface area is 104 Å². The summed E-state index contributed by atoms with van der Waals surface area (Å²) in [4.78, 5) is 4.66. The lowest BCUT2D eigenvalue weighted by atomic mass is 10.2. The maximum Gasteiger partial charge on any atom is 0.141 e. The van der Waals surface area contributed by atoms with Gasteiger partial charge in [0.25, 0.3) is 0 Å². The number of aryl methyl sites for hydroxylation is 1. The van der Waals surface area contributed by atoms with Crippen LogP contribution in [0.4, 0.5) is 0 Å². The molecule has 3 rings (SSSR count). The second kappa shape index (κ2) is 3.98. The van der Waals surface area contributed by atoms with Crippen molar-refractivity contribution in [2.75, 3.05) is 0 Å². The lowest BCUT2D eigenvalue weighted by Crippen LogP contribution is -1.96. The Kier molecular flexibility index (Phi) is 2.46. The first kappa shape index (κ1) is 10.5. The van der Waals surface area contributed by atoms with Gasteiger partial charge < -0.3 is 10.3 Å². The third-order valence-corrected chi connectivity index (χ3v) is 3.64. The van der Waals surface area contributed by atoms with Crippen LogP contribution in [0, 0.1) is 0 Å². The molecule has 2 N–H and O–H groups in total. The molecule has 1 aromatic carbocycles.